The van der Waals surface area contributed by atoms with Gasteiger partial charge in [0.15, 0.2) is 0 Å². The predicted octanol–water partition coefficient (Wildman–Crippen LogP) is 3.85. The van der Waals surface area contributed by atoms with Crippen molar-refractivity contribution < 1.29 is 0 Å². The van der Waals surface area contributed by atoms with E-state index < -0.39 is 0 Å². The molecule has 5 heteroatoms. The third-order valence-electron chi connectivity index (χ3n) is 2.83. The number of hydrogen-bond acceptors (Lipinski definition) is 2. The summed E-state index contributed by atoms with van der Waals surface area (Å²) in [7, 11) is 0. The van der Waals surface area contributed by atoms with Crippen LogP contribution >= 0.6 is 23.2 Å². The molecule has 2 aromatic rings. The molecule has 1 heterocycles. The first kappa shape index (κ1) is 12.4. The van der Waals surface area contributed by atoms with Crippen LogP contribution in [0, 0.1) is 0 Å². The highest BCUT2D eigenvalue weighted by atomic mass is 35.5. The predicted molar refractivity (Wildman–Crippen MR) is 69.6 cm³/mol. The van der Waals surface area contributed by atoms with E-state index in [1.54, 1.807) is 12.3 Å². The second-order valence-electron chi connectivity index (χ2n) is 3.91. The van der Waals surface area contributed by atoms with Crippen molar-refractivity contribution in [3.8, 4) is 0 Å². The van der Waals surface area contributed by atoms with Gasteiger partial charge in [0.1, 0.15) is 0 Å². The van der Waals surface area contributed by atoms with Crippen molar-refractivity contribution in [1.82, 2.24) is 15.4 Å². The molecule has 3 nitrogen and oxygen atoms in total. The van der Waals surface area contributed by atoms with Gasteiger partial charge >= 0.3 is 0 Å². The summed E-state index contributed by atoms with van der Waals surface area (Å²) < 4.78 is 0. The van der Waals surface area contributed by atoms with E-state index in [0.717, 1.165) is 24.1 Å². The number of nitrogens with one attached hydrogen (secondary N) is 1. The van der Waals surface area contributed by atoms with Crippen LogP contribution in [0.4, 0.5) is 0 Å². The fourth-order valence-corrected chi connectivity index (χ4v) is 2.35. The van der Waals surface area contributed by atoms with Crippen molar-refractivity contribution in [2.45, 2.75) is 25.7 Å². The Labute approximate surface area is 110 Å². The first-order valence-corrected chi connectivity index (χ1v) is 6.26. The summed E-state index contributed by atoms with van der Waals surface area (Å²) in [5.74, 6) is 0.311. The van der Waals surface area contributed by atoms with Crippen molar-refractivity contribution in [1.29, 1.82) is 0 Å². The molecule has 0 fully saturated rings. The largest absolute Gasteiger partial charge is 0.198 e. The van der Waals surface area contributed by atoms with Gasteiger partial charge < -0.3 is 0 Å². The van der Waals surface area contributed by atoms with Crippen LogP contribution in [0.25, 0.3) is 0 Å². The van der Waals surface area contributed by atoms with Crippen LogP contribution in [0.3, 0.4) is 0 Å². The van der Waals surface area contributed by atoms with Crippen LogP contribution in [0.1, 0.15) is 30.5 Å². The topological polar surface area (TPSA) is 41.6 Å². The van der Waals surface area contributed by atoms with E-state index in [0.29, 0.717) is 16.0 Å². The molecule has 2 rings (SSSR count). The molecule has 0 radical (unpaired) electrons. The lowest BCUT2D eigenvalue weighted by Gasteiger charge is -2.16. The lowest BCUT2D eigenvalue weighted by molar-refractivity contribution is 0.648. The Balaban J connectivity index is 2.26. The molecule has 17 heavy (non-hydrogen) atoms. The van der Waals surface area contributed by atoms with Gasteiger partial charge in [0.25, 0.3) is 0 Å². The molecular weight excluding hydrogens is 257 g/mol. The maximum absolute atomic E-state index is 6.23. The molecule has 90 valence electrons. The Kier molecular flexibility index (Phi) is 4.02. The van der Waals surface area contributed by atoms with E-state index in [1.807, 2.05) is 12.1 Å². The van der Waals surface area contributed by atoms with Crippen LogP contribution in [0.15, 0.2) is 24.4 Å². The van der Waals surface area contributed by atoms with Crippen LogP contribution in [-0.2, 0) is 6.42 Å². The van der Waals surface area contributed by atoms with Gasteiger partial charge in [-0.05, 0) is 24.0 Å². The summed E-state index contributed by atoms with van der Waals surface area (Å²) in [6, 6.07) is 5.74. The van der Waals surface area contributed by atoms with Gasteiger partial charge in [-0.2, -0.15) is 15.4 Å². The van der Waals surface area contributed by atoms with Gasteiger partial charge in [0.05, 0.1) is 21.9 Å². The Bertz CT molecular complexity index is 483. The second kappa shape index (κ2) is 5.52. The summed E-state index contributed by atoms with van der Waals surface area (Å²) in [5, 5.41) is 11.7. The van der Waals surface area contributed by atoms with Crippen LogP contribution in [0.2, 0.25) is 10.0 Å². The average Bonchev–Trinajstić information content (AvgIpc) is 2.83. The number of rotatable bonds is 4. The molecule has 1 unspecified atom stereocenters. The van der Waals surface area contributed by atoms with E-state index in [1.165, 1.54) is 0 Å². The lowest BCUT2D eigenvalue weighted by Crippen LogP contribution is -2.03. The zero-order chi connectivity index (χ0) is 12.3. The molecule has 1 atom stereocenters. The summed E-state index contributed by atoms with van der Waals surface area (Å²) in [4.78, 5) is 0. The first-order valence-electron chi connectivity index (χ1n) is 5.51. The average molecular weight is 270 g/mol. The molecule has 0 aliphatic heterocycles. The number of H-pyrrole nitrogens is 1. The van der Waals surface area contributed by atoms with E-state index >= 15 is 0 Å². The summed E-state index contributed by atoms with van der Waals surface area (Å²) in [6.07, 6.45) is 3.53. The molecule has 0 amide bonds. The minimum absolute atomic E-state index is 0.311. The Morgan fingerprint density at radius 2 is 2.18 bits per heavy atom. The van der Waals surface area contributed by atoms with Crippen molar-refractivity contribution in [2.24, 2.45) is 0 Å². The van der Waals surface area contributed by atoms with Crippen LogP contribution in [0.5, 0.6) is 0 Å². The van der Waals surface area contributed by atoms with Crippen molar-refractivity contribution in [3.05, 3.63) is 45.7 Å². The molecule has 0 aliphatic rings. The fourth-order valence-electron chi connectivity index (χ4n) is 1.89. The SMILES string of the molecule is CCC(Cc1cn[nH]n1)c1cccc(Cl)c1Cl. The van der Waals surface area contributed by atoms with E-state index in [9.17, 15) is 0 Å². The highest BCUT2D eigenvalue weighted by Gasteiger charge is 2.16. The lowest BCUT2D eigenvalue weighted by atomic mass is 9.92. The van der Waals surface area contributed by atoms with Gasteiger partial charge in [-0.25, -0.2) is 0 Å². The zero-order valence-corrected chi connectivity index (χ0v) is 11.0. The molecule has 0 aliphatic carbocycles. The van der Waals surface area contributed by atoms with Gasteiger partial charge in [-0.3, -0.25) is 0 Å². The standard InChI is InChI=1S/C12H13Cl2N3/c1-2-8(6-9-7-15-17-16-9)10-4-3-5-11(13)12(10)14/h3-5,7-8H,2,6H2,1H3,(H,15,16,17). The van der Waals surface area contributed by atoms with Gasteiger partial charge in [-0.1, -0.05) is 42.3 Å². The Hall–Kier alpha value is -1.06. The normalized spacial score (nSPS) is 12.6. The minimum atomic E-state index is 0.311. The van der Waals surface area contributed by atoms with Crippen LogP contribution in [-0.4, -0.2) is 15.4 Å². The quantitative estimate of drug-likeness (QED) is 0.916. The van der Waals surface area contributed by atoms with E-state index in [4.69, 9.17) is 23.2 Å². The fraction of sp³-hybridized carbons (Fsp3) is 0.333. The van der Waals surface area contributed by atoms with Crippen molar-refractivity contribution >= 4 is 23.2 Å². The van der Waals surface area contributed by atoms with Crippen LogP contribution < -0.4 is 0 Å². The number of benzene rings is 1. The van der Waals surface area contributed by atoms with Gasteiger partial charge in [0, 0.05) is 6.42 Å². The Morgan fingerprint density at radius 3 is 2.82 bits per heavy atom. The zero-order valence-electron chi connectivity index (χ0n) is 9.45. The third-order valence-corrected chi connectivity index (χ3v) is 3.67. The summed E-state index contributed by atoms with van der Waals surface area (Å²) >= 11 is 12.3. The molecule has 0 saturated heterocycles. The third kappa shape index (κ3) is 2.79. The summed E-state index contributed by atoms with van der Waals surface area (Å²) in [6.45, 7) is 2.13. The maximum Gasteiger partial charge on any atom is 0.0830 e. The monoisotopic (exact) mass is 269 g/mol. The number of aromatic amines is 1. The molecule has 1 aromatic heterocycles. The van der Waals surface area contributed by atoms with Crippen molar-refractivity contribution in [2.75, 3.05) is 0 Å². The molecule has 1 aromatic carbocycles. The highest BCUT2D eigenvalue weighted by Crippen LogP contribution is 2.33. The van der Waals surface area contributed by atoms with E-state index in [-0.39, 0.29) is 0 Å². The molecule has 1 N–H and O–H groups in total. The van der Waals surface area contributed by atoms with Gasteiger partial charge in [-0.15, -0.1) is 0 Å². The molecule has 0 spiro atoms. The smallest absolute Gasteiger partial charge is 0.0830 e. The second-order valence-corrected chi connectivity index (χ2v) is 4.70. The maximum atomic E-state index is 6.23. The number of hydrogen-bond donors (Lipinski definition) is 1. The molecule has 0 bridgehead atoms. The number of aromatic nitrogens is 3. The number of halogens is 2. The van der Waals surface area contributed by atoms with E-state index in [2.05, 4.69) is 22.3 Å². The first-order chi connectivity index (χ1) is 8.22. The van der Waals surface area contributed by atoms with Crippen molar-refractivity contribution in [3.63, 3.8) is 0 Å². The molecule has 0 saturated carbocycles. The van der Waals surface area contributed by atoms with Gasteiger partial charge in [0.2, 0.25) is 0 Å². The highest BCUT2D eigenvalue weighted by molar-refractivity contribution is 6.42. The summed E-state index contributed by atoms with van der Waals surface area (Å²) in [5.41, 5.74) is 2.01. The minimum Gasteiger partial charge on any atom is -0.198 e. The molecular formula is C12H13Cl2N3. The Morgan fingerprint density at radius 1 is 1.35 bits per heavy atom. The number of nitrogens with zero attached hydrogens (tertiary/aromatic N) is 2.